The van der Waals surface area contributed by atoms with Crippen molar-refractivity contribution in [2.24, 2.45) is 5.73 Å². The number of benzene rings is 1. The molecule has 3 aromatic rings. The van der Waals surface area contributed by atoms with Crippen LogP contribution in [0.5, 0.6) is 0 Å². The number of carboxylic acids is 1. The number of unbranched alkanes of at least 4 members (excludes halogenated alkanes) is 6. The van der Waals surface area contributed by atoms with Crippen molar-refractivity contribution in [3.63, 3.8) is 0 Å². The van der Waals surface area contributed by atoms with E-state index in [0.29, 0.717) is 5.56 Å². The van der Waals surface area contributed by atoms with E-state index in [1.165, 1.54) is 93.2 Å². The molecule has 0 bridgehead atoms. The molecule has 1 saturated carbocycles. The Morgan fingerprint density at radius 2 is 1.62 bits per heavy atom. The summed E-state index contributed by atoms with van der Waals surface area (Å²) in [4.78, 5) is 32.0. The topological polar surface area (TPSA) is 153 Å². The van der Waals surface area contributed by atoms with Crippen LogP contribution in [0.2, 0.25) is 0 Å². The van der Waals surface area contributed by atoms with Crippen molar-refractivity contribution in [1.29, 1.82) is 0 Å². The van der Waals surface area contributed by atoms with E-state index in [2.05, 4.69) is 29.0 Å². The first-order chi connectivity index (χ1) is 22.7. The van der Waals surface area contributed by atoms with E-state index < -0.39 is 38.9 Å². The fraction of sp³-hybridized carbons (Fsp3) is 0.514. The Labute approximate surface area is 285 Å². The van der Waals surface area contributed by atoms with Gasteiger partial charge in [0.25, 0.3) is 0 Å². The Bertz CT molecular complexity index is 1640. The van der Waals surface area contributed by atoms with Crippen LogP contribution in [-0.4, -0.2) is 47.7 Å². The normalized spacial score (nSPS) is 15.4. The number of amides is 1. The number of sulfone groups is 1. The quantitative estimate of drug-likeness (QED) is 0.140. The molecule has 1 aliphatic carbocycles. The number of aliphatic carboxylic acids is 1. The van der Waals surface area contributed by atoms with Crippen molar-refractivity contribution < 1.29 is 27.9 Å². The number of carboxylic acid groups (broad SMARTS) is 1. The Morgan fingerprint density at radius 3 is 2.21 bits per heavy atom. The van der Waals surface area contributed by atoms with E-state index in [-0.39, 0.29) is 28.2 Å². The molecule has 0 saturated heterocycles. The third-order valence-corrected chi connectivity index (χ3v) is 11.1. The lowest BCUT2D eigenvalue weighted by molar-refractivity contribution is -0.135. The summed E-state index contributed by atoms with van der Waals surface area (Å²) in [7, 11) is -4.31. The number of carbonyl (C=O) groups excluding carboxylic acids is 1. The van der Waals surface area contributed by atoms with Gasteiger partial charge in [-0.2, -0.15) is 0 Å². The molecule has 1 aromatic carbocycles. The van der Waals surface area contributed by atoms with Crippen LogP contribution in [0.25, 0.3) is 0 Å². The van der Waals surface area contributed by atoms with E-state index in [1.807, 2.05) is 12.1 Å². The number of nitrogens with two attached hydrogens (primary N) is 1. The number of nitrogens with zero attached hydrogens (tertiary/aromatic N) is 3. The molecule has 11 heteroatoms. The van der Waals surface area contributed by atoms with Crippen LogP contribution in [0.15, 0.2) is 71.9 Å². The number of rotatable bonds is 17. The smallest absolute Gasteiger partial charge is 0.416 e. The minimum absolute atomic E-state index is 0.0514. The molecule has 1 atom stereocenters. The summed E-state index contributed by atoms with van der Waals surface area (Å²) >= 11 is 0. The monoisotopic (exact) mass is 678 g/mol. The van der Waals surface area contributed by atoms with Crippen LogP contribution >= 0.6 is 0 Å². The van der Waals surface area contributed by atoms with Gasteiger partial charge >= 0.3 is 12.1 Å². The second kappa shape index (κ2) is 15.6. The van der Waals surface area contributed by atoms with Crippen molar-refractivity contribution >= 4 is 27.7 Å². The summed E-state index contributed by atoms with van der Waals surface area (Å²) in [6.45, 7) is 6.46. The van der Waals surface area contributed by atoms with Crippen LogP contribution in [-0.2, 0) is 36.1 Å². The van der Waals surface area contributed by atoms with Gasteiger partial charge in [-0.05, 0) is 80.8 Å². The van der Waals surface area contributed by atoms with Crippen molar-refractivity contribution in [2.75, 3.05) is 11.4 Å². The molecule has 1 unspecified atom stereocenters. The Balaban J connectivity index is 1.64. The largest absolute Gasteiger partial charge is 0.480 e. The molecule has 10 nitrogen and oxygen atoms in total. The molecule has 1 amide bonds. The lowest BCUT2D eigenvalue weighted by Crippen LogP contribution is -2.48. The molecule has 4 rings (SSSR count). The van der Waals surface area contributed by atoms with Crippen molar-refractivity contribution in [3.8, 4) is 0 Å². The second-order valence-corrected chi connectivity index (χ2v) is 16.2. The first kappa shape index (κ1) is 37.0. The summed E-state index contributed by atoms with van der Waals surface area (Å²) in [5.74, 6) is -1.40. The van der Waals surface area contributed by atoms with Crippen LogP contribution < -0.4 is 10.6 Å². The van der Waals surface area contributed by atoms with Gasteiger partial charge in [-0.15, -0.1) is 0 Å². The van der Waals surface area contributed by atoms with Gasteiger partial charge in [-0.1, -0.05) is 82.2 Å². The van der Waals surface area contributed by atoms with Gasteiger partial charge in [0.1, 0.15) is 18.0 Å². The summed E-state index contributed by atoms with van der Waals surface area (Å²) < 4.78 is 34.0. The SMILES string of the molecule is CCCCCCCCCC1(c2ccc(CC(N)(c3cccc(N(CC(=O)O)C(=O)OC(C)(C)C)n3)S(=O)(=O)c3cccnc3)cc2)CC1. The number of pyridine rings is 2. The van der Waals surface area contributed by atoms with Crippen LogP contribution in [0.3, 0.4) is 0 Å². The molecule has 260 valence electrons. The molecular weight excluding hydrogens is 628 g/mol. The van der Waals surface area contributed by atoms with Gasteiger partial charge in [0.15, 0.2) is 4.87 Å². The first-order valence-corrected chi connectivity index (χ1v) is 18.4. The minimum atomic E-state index is -4.31. The lowest BCUT2D eigenvalue weighted by Gasteiger charge is -2.31. The fourth-order valence-electron chi connectivity index (χ4n) is 6.07. The first-order valence-electron chi connectivity index (χ1n) is 16.9. The number of aromatic nitrogens is 2. The molecule has 2 aromatic heterocycles. The highest BCUT2D eigenvalue weighted by Crippen LogP contribution is 2.52. The highest BCUT2D eigenvalue weighted by atomic mass is 32.2. The maximum absolute atomic E-state index is 14.3. The molecule has 3 N–H and O–H groups in total. The molecule has 2 heterocycles. The van der Waals surface area contributed by atoms with Gasteiger partial charge in [-0.3, -0.25) is 14.7 Å². The number of ether oxygens (including phenoxy) is 1. The number of hydrogen-bond donors (Lipinski definition) is 2. The van der Waals surface area contributed by atoms with E-state index in [0.717, 1.165) is 24.2 Å². The fourth-order valence-corrected chi connectivity index (χ4v) is 7.70. The van der Waals surface area contributed by atoms with E-state index >= 15 is 0 Å². The number of hydrogen-bond acceptors (Lipinski definition) is 8. The molecule has 1 fully saturated rings. The predicted octanol–water partition coefficient (Wildman–Crippen LogP) is 7.30. The van der Waals surface area contributed by atoms with Crippen LogP contribution in [0.1, 0.15) is 109 Å². The maximum atomic E-state index is 14.3. The summed E-state index contributed by atoms with van der Waals surface area (Å²) in [6, 6.07) is 15.4. The van der Waals surface area contributed by atoms with Crippen molar-refractivity contribution in [1.82, 2.24) is 9.97 Å². The van der Waals surface area contributed by atoms with Gasteiger partial charge in [0.2, 0.25) is 9.84 Å². The van der Waals surface area contributed by atoms with Crippen molar-refractivity contribution in [2.45, 2.75) is 119 Å². The molecular formula is C37H50N4O6S. The molecule has 1 aliphatic rings. The van der Waals surface area contributed by atoms with Crippen LogP contribution in [0, 0.1) is 0 Å². The highest BCUT2D eigenvalue weighted by Gasteiger charge is 2.46. The van der Waals surface area contributed by atoms with Gasteiger partial charge < -0.3 is 15.6 Å². The van der Waals surface area contributed by atoms with Gasteiger partial charge in [0.05, 0.1) is 10.6 Å². The van der Waals surface area contributed by atoms with Crippen molar-refractivity contribution in [3.05, 3.63) is 83.8 Å². The zero-order valence-corrected chi connectivity index (χ0v) is 29.5. The Morgan fingerprint density at radius 1 is 0.958 bits per heavy atom. The molecule has 0 aliphatic heterocycles. The summed E-state index contributed by atoms with van der Waals surface area (Å²) in [5.41, 5.74) is 8.13. The summed E-state index contributed by atoms with van der Waals surface area (Å²) in [5, 5.41) is 9.57. The average molecular weight is 679 g/mol. The van der Waals surface area contributed by atoms with E-state index in [1.54, 1.807) is 20.8 Å². The molecule has 0 radical (unpaired) electrons. The number of carbonyl (C=O) groups is 2. The second-order valence-electron chi connectivity index (χ2n) is 13.9. The zero-order valence-electron chi connectivity index (χ0n) is 28.7. The predicted molar refractivity (Wildman–Crippen MR) is 186 cm³/mol. The molecule has 48 heavy (non-hydrogen) atoms. The standard InChI is InChI=1S/C37H50N4O6S/c1-5-6-7-8-9-10-11-21-36(22-23-36)29-19-17-28(18-20-29)25-37(38,48(45,46)30-14-13-24-39-26-30)31-15-12-16-32(40-31)41(27-33(42)43)34(44)47-35(2,3)4/h12-20,24,26H,5-11,21-23,25,27,38H2,1-4H3,(H,42,43). The number of anilines is 1. The summed E-state index contributed by atoms with van der Waals surface area (Å²) in [6.07, 6.45) is 14.0. The third kappa shape index (κ3) is 9.19. The third-order valence-electron chi connectivity index (χ3n) is 8.92. The zero-order chi connectivity index (χ0) is 35.0. The maximum Gasteiger partial charge on any atom is 0.416 e. The Kier molecular flexibility index (Phi) is 12.0. The average Bonchev–Trinajstić information content (AvgIpc) is 3.84. The minimum Gasteiger partial charge on any atom is -0.480 e. The van der Waals surface area contributed by atoms with E-state index in [9.17, 15) is 23.1 Å². The van der Waals surface area contributed by atoms with Gasteiger partial charge in [0, 0.05) is 18.8 Å². The Hall–Kier alpha value is -3.83. The highest BCUT2D eigenvalue weighted by molar-refractivity contribution is 7.92. The molecule has 0 spiro atoms. The van der Waals surface area contributed by atoms with Gasteiger partial charge in [-0.25, -0.2) is 18.2 Å². The van der Waals surface area contributed by atoms with Crippen LogP contribution in [0.4, 0.5) is 10.6 Å². The lowest BCUT2D eigenvalue weighted by atomic mass is 9.88. The van der Waals surface area contributed by atoms with E-state index in [4.69, 9.17) is 10.5 Å².